The van der Waals surface area contributed by atoms with E-state index in [-0.39, 0.29) is 16.7 Å². The number of hydrogen-bond donors (Lipinski definition) is 2. The first-order valence-electron chi connectivity index (χ1n) is 7.31. The lowest BCUT2D eigenvalue weighted by Gasteiger charge is -2.59. The third-order valence-electron chi connectivity index (χ3n) is 5.19. The van der Waals surface area contributed by atoms with Crippen molar-refractivity contribution in [2.45, 2.75) is 50.9 Å². The van der Waals surface area contributed by atoms with Crippen LogP contribution in [0.1, 0.15) is 39.5 Å². The molecule has 0 bridgehead atoms. The fourth-order valence-corrected chi connectivity index (χ4v) is 3.68. The zero-order valence-electron chi connectivity index (χ0n) is 11.7. The minimum atomic E-state index is -0.0852. The van der Waals surface area contributed by atoms with Crippen LogP contribution in [0.15, 0.2) is 0 Å². The van der Waals surface area contributed by atoms with Crippen molar-refractivity contribution in [3.05, 3.63) is 0 Å². The molecule has 3 fully saturated rings. The molecule has 18 heavy (non-hydrogen) atoms. The van der Waals surface area contributed by atoms with Crippen LogP contribution in [0.5, 0.6) is 0 Å². The van der Waals surface area contributed by atoms with E-state index in [1.165, 1.54) is 0 Å². The third kappa shape index (κ3) is 1.99. The largest absolute Gasteiger partial charge is 0.381 e. The summed E-state index contributed by atoms with van der Waals surface area (Å²) < 4.78 is 12.3. The van der Waals surface area contributed by atoms with Gasteiger partial charge in [0, 0.05) is 50.9 Å². The summed E-state index contributed by atoms with van der Waals surface area (Å²) in [5.74, 6) is 0. The van der Waals surface area contributed by atoms with E-state index in [4.69, 9.17) is 9.47 Å². The average molecular weight is 254 g/mol. The molecule has 0 aromatic heterocycles. The van der Waals surface area contributed by atoms with Gasteiger partial charge in [0.25, 0.3) is 0 Å². The van der Waals surface area contributed by atoms with E-state index in [9.17, 15) is 0 Å². The maximum atomic E-state index is 6.73. The summed E-state index contributed by atoms with van der Waals surface area (Å²) in [7, 11) is 0. The normalized spacial score (nSPS) is 33.7. The van der Waals surface area contributed by atoms with Gasteiger partial charge in [-0.3, -0.25) is 5.32 Å². The lowest BCUT2D eigenvalue weighted by Crippen LogP contribution is -2.70. The fraction of sp³-hybridized carbons (Fsp3) is 1.00. The topological polar surface area (TPSA) is 42.5 Å². The van der Waals surface area contributed by atoms with Gasteiger partial charge in [0.05, 0.1) is 5.60 Å². The van der Waals surface area contributed by atoms with Crippen LogP contribution in [0.4, 0.5) is 0 Å². The van der Waals surface area contributed by atoms with E-state index in [0.717, 1.165) is 58.5 Å². The van der Waals surface area contributed by atoms with Gasteiger partial charge < -0.3 is 14.8 Å². The van der Waals surface area contributed by atoms with Gasteiger partial charge in [0.1, 0.15) is 5.72 Å². The van der Waals surface area contributed by atoms with Crippen LogP contribution in [0.2, 0.25) is 0 Å². The lowest BCUT2D eigenvalue weighted by molar-refractivity contribution is -0.280. The first-order chi connectivity index (χ1) is 8.58. The first-order valence-corrected chi connectivity index (χ1v) is 7.31. The van der Waals surface area contributed by atoms with Gasteiger partial charge in [-0.05, 0) is 13.1 Å². The maximum Gasteiger partial charge on any atom is 0.122 e. The molecule has 0 amide bonds. The first kappa shape index (κ1) is 12.9. The molecule has 104 valence electrons. The Balaban J connectivity index is 1.84. The molecule has 2 N–H and O–H groups in total. The van der Waals surface area contributed by atoms with Gasteiger partial charge in [-0.15, -0.1) is 0 Å². The van der Waals surface area contributed by atoms with Crippen LogP contribution >= 0.6 is 0 Å². The second-order valence-corrected chi connectivity index (χ2v) is 6.69. The molecule has 0 saturated carbocycles. The Bertz CT molecular complexity index is 305. The molecule has 3 saturated heterocycles. The Morgan fingerprint density at radius 1 is 0.944 bits per heavy atom. The summed E-state index contributed by atoms with van der Waals surface area (Å²) in [4.78, 5) is 0. The van der Waals surface area contributed by atoms with Crippen molar-refractivity contribution in [3.8, 4) is 0 Å². The highest BCUT2D eigenvalue weighted by Gasteiger charge is 2.55. The smallest absolute Gasteiger partial charge is 0.122 e. The van der Waals surface area contributed by atoms with Crippen LogP contribution in [0.3, 0.4) is 0 Å². The summed E-state index contributed by atoms with van der Waals surface area (Å²) in [6.07, 6.45) is 4.23. The van der Waals surface area contributed by atoms with Gasteiger partial charge in [0.2, 0.25) is 0 Å². The molecule has 4 nitrogen and oxygen atoms in total. The van der Waals surface area contributed by atoms with Crippen molar-refractivity contribution in [2.24, 2.45) is 5.41 Å². The van der Waals surface area contributed by atoms with Gasteiger partial charge in [0.15, 0.2) is 0 Å². The van der Waals surface area contributed by atoms with Crippen molar-refractivity contribution in [3.63, 3.8) is 0 Å². The predicted molar refractivity (Wildman–Crippen MR) is 70.5 cm³/mol. The van der Waals surface area contributed by atoms with E-state index in [1.54, 1.807) is 0 Å². The van der Waals surface area contributed by atoms with E-state index >= 15 is 0 Å². The molecule has 0 aliphatic carbocycles. The maximum absolute atomic E-state index is 6.73. The molecule has 2 spiro atoms. The van der Waals surface area contributed by atoms with E-state index in [2.05, 4.69) is 24.5 Å². The Kier molecular flexibility index (Phi) is 3.17. The zero-order valence-corrected chi connectivity index (χ0v) is 11.7. The summed E-state index contributed by atoms with van der Waals surface area (Å²) in [6, 6.07) is 0. The highest BCUT2D eigenvalue weighted by Crippen LogP contribution is 2.48. The summed E-state index contributed by atoms with van der Waals surface area (Å²) in [5, 5.41) is 7.12. The van der Waals surface area contributed by atoms with Gasteiger partial charge in [-0.2, -0.15) is 0 Å². The highest BCUT2D eigenvalue weighted by atomic mass is 16.6. The van der Waals surface area contributed by atoms with Crippen molar-refractivity contribution >= 4 is 0 Å². The number of piperidine rings is 1. The molecule has 0 atom stereocenters. The number of ether oxygens (including phenoxy) is 2. The van der Waals surface area contributed by atoms with Crippen molar-refractivity contribution in [2.75, 3.05) is 32.8 Å². The molecule has 0 unspecified atom stereocenters. The summed E-state index contributed by atoms with van der Waals surface area (Å²) in [5.41, 5.74) is 0.110. The second kappa shape index (κ2) is 4.44. The van der Waals surface area contributed by atoms with Crippen LogP contribution in [0.25, 0.3) is 0 Å². The Hall–Kier alpha value is -0.160. The minimum absolute atomic E-state index is 0.00778. The minimum Gasteiger partial charge on any atom is -0.381 e. The van der Waals surface area contributed by atoms with E-state index in [1.807, 2.05) is 0 Å². The predicted octanol–water partition coefficient (Wildman–Crippen LogP) is 1.26. The Morgan fingerprint density at radius 2 is 1.61 bits per heavy atom. The molecular weight excluding hydrogens is 228 g/mol. The summed E-state index contributed by atoms with van der Waals surface area (Å²) in [6.45, 7) is 9.51. The summed E-state index contributed by atoms with van der Waals surface area (Å²) >= 11 is 0. The van der Waals surface area contributed by atoms with Gasteiger partial charge >= 0.3 is 0 Å². The molecule has 4 heteroatoms. The number of hydrogen-bond acceptors (Lipinski definition) is 4. The molecular formula is C14H26N2O2. The van der Waals surface area contributed by atoms with Crippen LogP contribution in [-0.2, 0) is 9.47 Å². The Morgan fingerprint density at radius 3 is 2.28 bits per heavy atom. The quantitative estimate of drug-likeness (QED) is 0.683. The van der Waals surface area contributed by atoms with Gasteiger partial charge in [-0.25, -0.2) is 0 Å². The van der Waals surface area contributed by atoms with Crippen molar-refractivity contribution in [1.82, 2.24) is 10.6 Å². The molecule has 0 aromatic rings. The third-order valence-corrected chi connectivity index (χ3v) is 5.19. The van der Waals surface area contributed by atoms with E-state index in [0.29, 0.717) is 0 Å². The molecule has 0 radical (unpaired) electrons. The molecule has 3 aliphatic rings. The number of nitrogens with one attached hydrogen (secondary N) is 2. The second-order valence-electron chi connectivity index (χ2n) is 6.69. The highest BCUT2D eigenvalue weighted by molar-refractivity contribution is 5.05. The molecule has 3 rings (SSSR count). The van der Waals surface area contributed by atoms with Crippen LogP contribution in [-0.4, -0.2) is 44.2 Å². The van der Waals surface area contributed by atoms with Gasteiger partial charge in [-0.1, -0.05) is 13.8 Å². The molecule has 3 aliphatic heterocycles. The molecule has 3 heterocycles. The van der Waals surface area contributed by atoms with E-state index < -0.39 is 0 Å². The SMILES string of the molecule is CC1(C)CNC2(CCNCC2)OC12CCOCC2. The van der Waals surface area contributed by atoms with Crippen molar-refractivity contribution < 1.29 is 9.47 Å². The fourth-order valence-electron chi connectivity index (χ4n) is 3.68. The van der Waals surface area contributed by atoms with Crippen LogP contribution < -0.4 is 10.6 Å². The zero-order chi connectivity index (χ0) is 12.7. The monoisotopic (exact) mass is 254 g/mol. The average Bonchev–Trinajstić information content (AvgIpc) is 2.38. The molecule has 0 aromatic carbocycles. The van der Waals surface area contributed by atoms with Crippen LogP contribution in [0, 0.1) is 5.41 Å². The Labute approximate surface area is 110 Å². The lowest BCUT2D eigenvalue weighted by atomic mass is 9.68. The number of rotatable bonds is 0. The standard InChI is InChI=1S/C14H26N2O2/c1-12(2)11-16-14(3-7-15-8-4-14)18-13(12)5-9-17-10-6-13/h15-16H,3-11H2,1-2H3. The van der Waals surface area contributed by atoms with Crippen molar-refractivity contribution in [1.29, 1.82) is 0 Å².